The summed E-state index contributed by atoms with van der Waals surface area (Å²) >= 11 is 0. The predicted octanol–water partition coefficient (Wildman–Crippen LogP) is -2.28. The Kier molecular flexibility index (Phi) is 3.17. The zero-order valence-corrected chi connectivity index (χ0v) is 7.97. The van der Waals surface area contributed by atoms with E-state index >= 15 is 0 Å². The van der Waals surface area contributed by atoms with Gasteiger partial charge < -0.3 is 28.4 Å². The van der Waals surface area contributed by atoms with Crippen LogP contribution in [0.5, 0.6) is 0 Å². The Morgan fingerprint density at radius 1 is 1.44 bits per heavy atom. The SMILES string of the molecule is Cc1coc(C)[n+]1C.[I-]. The highest BCUT2D eigenvalue weighted by molar-refractivity contribution is 4.78. The maximum Gasteiger partial charge on any atom is 0.343 e. The van der Waals surface area contributed by atoms with Gasteiger partial charge in [-0.15, -0.1) is 0 Å². The van der Waals surface area contributed by atoms with Crippen LogP contribution in [0.1, 0.15) is 11.6 Å². The fraction of sp³-hybridized carbons (Fsp3) is 0.500. The predicted molar refractivity (Wildman–Crippen MR) is 29.4 cm³/mol. The Bertz CT molecular complexity index is 175. The van der Waals surface area contributed by atoms with Crippen molar-refractivity contribution < 1.29 is 33.0 Å². The van der Waals surface area contributed by atoms with Gasteiger partial charge in [-0.3, -0.25) is 0 Å². The molecule has 0 unspecified atom stereocenters. The summed E-state index contributed by atoms with van der Waals surface area (Å²) < 4.78 is 7.06. The van der Waals surface area contributed by atoms with Crippen molar-refractivity contribution in [3.63, 3.8) is 0 Å². The zero-order chi connectivity index (χ0) is 6.15. The number of aromatic nitrogens is 1. The van der Waals surface area contributed by atoms with Crippen molar-refractivity contribution in [2.45, 2.75) is 13.8 Å². The average Bonchev–Trinajstić information content (AvgIpc) is 1.98. The minimum atomic E-state index is 0. The lowest BCUT2D eigenvalue weighted by Crippen LogP contribution is -3.00. The first kappa shape index (κ1) is 8.94. The highest BCUT2D eigenvalue weighted by Gasteiger charge is 2.06. The quantitative estimate of drug-likeness (QED) is 0.368. The van der Waals surface area contributed by atoms with Gasteiger partial charge in [0.1, 0.15) is 7.05 Å². The monoisotopic (exact) mass is 239 g/mol. The Hall–Kier alpha value is -0.0600. The molecule has 0 aromatic carbocycles. The van der Waals surface area contributed by atoms with Crippen LogP contribution in [0.2, 0.25) is 0 Å². The van der Waals surface area contributed by atoms with Crippen molar-refractivity contribution in [3.05, 3.63) is 17.8 Å². The van der Waals surface area contributed by atoms with Crippen molar-refractivity contribution in [1.82, 2.24) is 0 Å². The molecule has 1 heterocycles. The third kappa shape index (κ3) is 1.67. The molecule has 0 spiro atoms. The summed E-state index contributed by atoms with van der Waals surface area (Å²) in [6, 6.07) is 0. The molecule has 0 saturated heterocycles. The molecule has 52 valence electrons. The van der Waals surface area contributed by atoms with Gasteiger partial charge in [-0.25, -0.2) is 0 Å². The van der Waals surface area contributed by atoms with Gasteiger partial charge in [0.2, 0.25) is 5.69 Å². The molecule has 0 fully saturated rings. The van der Waals surface area contributed by atoms with Crippen LogP contribution in [0.4, 0.5) is 0 Å². The van der Waals surface area contributed by atoms with E-state index in [1.54, 1.807) is 6.26 Å². The van der Waals surface area contributed by atoms with E-state index in [0.717, 1.165) is 11.6 Å². The Morgan fingerprint density at radius 3 is 2.11 bits per heavy atom. The Balaban J connectivity index is 0.000000640. The van der Waals surface area contributed by atoms with Crippen LogP contribution in [0.25, 0.3) is 0 Å². The molecule has 9 heavy (non-hydrogen) atoms. The highest BCUT2D eigenvalue weighted by atomic mass is 127. The van der Waals surface area contributed by atoms with Crippen molar-refractivity contribution in [1.29, 1.82) is 0 Å². The first-order valence-electron chi connectivity index (χ1n) is 2.62. The minimum Gasteiger partial charge on any atom is -1.00 e. The maximum atomic E-state index is 5.06. The molecule has 0 amide bonds. The lowest BCUT2D eigenvalue weighted by Gasteiger charge is -1.78. The molecule has 0 bridgehead atoms. The van der Waals surface area contributed by atoms with Crippen LogP contribution in [0, 0.1) is 13.8 Å². The third-order valence-electron chi connectivity index (χ3n) is 1.40. The molecule has 0 aliphatic heterocycles. The molecule has 0 aliphatic carbocycles. The molecular formula is C6H10INO. The molecule has 1 aromatic rings. The average molecular weight is 239 g/mol. The van der Waals surface area contributed by atoms with Crippen molar-refractivity contribution >= 4 is 0 Å². The maximum absolute atomic E-state index is 5.06. The zero-order valence-electron chi connectivity index (χ0n) is 5.81. The second kappa shape index (κ2) is 3.20. The van der Waals surface area contributed by atoms with E-state index < -0.39 is 0 Å². The second-order valence-corrected chi connectivity index (χ2v) is 1.96. The fourth-order valence-electron chi connectivity index (χ4n) is 0.577. The van der Waals surface area contributed by atoms with Crippen LogP contribution in [0.15, 0.2) is 10.7 Å². The Labute approximate surface area is 71.9 Å². The fourth-order valence-corrected chi connectivity index (χ4v) is 0.577. The van der Waals surface area contributed by atoms with Crippen molar-refractivity contribution in [3.8, 4) is 0 Å². The number of aryl methyl sites for hydroxylation is 2. The standard InChI is InChI=1S/C6H10NO.HI/c1-5-4-8-6(2)7(5)3;/h4H,1-3H3;1H/q+1;/p-1. The smallest absolute Gasteiger partial charge is 0.343 e. The topological polar surface area (TPSA) is 17.0 Å². The summed E-state index contributed by atoms with van der Waals surface area (Å²) in [5, 5.41) is 0. The van der Waals surface area contributed by atoms with Gasteiger partial charge in [0.15, 0.2) is 6.26 Å². The molecule has 0 atom stereocenters. The lowest BCUT2D eigenvalue weighted by molar-refractivity contribution is -0.686. The van der Waals surface area contributed by atoms with E-state index in [1.807, 2.05) is 25.5 Å². The normalized spacial score (nSPS) is 8.78. The number of halogens is 1. The number of hydrogen-bond donors (Lipinski definition) is 0. The van der Waals surface area contributed by atoms with E-state index in [-0.39, 0.29) is 24.0 Å². The molecule has 0 saturated carbocycles. The summed E-state index contributed by atoms with van der Waals surface area (Å²) in [5.74, 6) is 0.947. The van der Waals surface area contributed by atoms with E-state index in [1.165, 1.54) is 0 Å². The second-order valence-electron chi connectivity index (χ2n) is 1.96. The van der Waals surface area contributed by atoms with Crippen LogP contribution in [0.3, 0.4) is 0 Å². The van der Waals surface area contributed by atoms with Crippen molar-refractivity contribution in [2.24, 2.45) is 7.05 Å². The van der Waals surface area contributed by atoms with Gasteiger partial charge in [0, 0.05) is 6.92 Å². The van der Waals surface area contributed by atoms with E-state index in [0.29, 0.717) is 0 Å². The molecular weight excluding hydrogens is 229 g/mol. The first-order chi connectivity index (χ1) is 3.72. The summed E-state index contributed by atoms with van der Waals surface area (Å²) in [6.45, 7) is 3.95. The molecule has 1 rings (SSSR count). The Morgan fingerprint density at radius 2 is 2.00 bits per heavy atom. The van der Waals surface area contributed by atoms with Gasteiger partial charge in [-0.05, 0) is 0 Å². The molecule has 3 heteroatoms. The molecule has 0 radical (unpaired) electrons. The van der Waals surface area contributed by atoms with Crippen LogP contribution >= 0.6 is 0 Å². The number of nitrogens with zero attached hydrogens (tertiary/aromatic N) is 1. The lowest BCUT2D eigenvalue weighted by atomic mass is 10.5. The van der Waals surface area contributed by atoms with Gasteiger partial charge >= 0.3 is 5.89 Å². The summed E-state index contributed by atoms with van der Waals surface area (Å²) in [6.07, 6.45) is 1.75. The van der Waals surface area contributed by atoms with E-state index in [2.05, 4.69) is 0 Å². The summed E-state index contributed by atoms with van der Waals surface area (Å²) in [4.78, 5) is 0. The largest absolute Gasteiger partial charge is 1.00 e. The molecule has 2 nitrogen and oxygen atoms in total. The van der Waals surface area contributed by atoms with Crippen LogP contribution in [-0.4, -0.2) is 0 Å². The molecule has 0 aliphatic rings. The van der Waals surface area contributed by atoms with Gasteiger partial charge in [0.05, 0.1) is 6.92 Å². The summed E-state index contributed by atoms with van der Waals surface area (Å²) in [7, 11) is 1.98. The molecule has 1 aromatic heterocycles. The highest BCUT2D eigenvalue weighted by Crippen LogP contribution is 1.92. The third-order valence-corrected chi connectivity index (χ3v) is 1.40. The molecule has 0 N–H and O–H groups in total. The van der Waals surface area contributed by atoms with Gasteiger partial charge in [0.25, 0.3) is 0 Å². The van der Waals surface area contributed by atoms with Crippen LogP contribution in [-0.2, 0) is 7.05 Å². The number of oxazole rings is 1. The van der Waals surface area contributed by atoms with Crippen LogP contribution < -0.4 is 28.5 Å². The van der Waals surface area contributed by atoms with E-state index in [9.17, 15) is 0 Å². The minimum absolute atomic E-state index is 0. The summed E-state index contributed by atoms with van der Waals surface area (Å²) in [5.41, 5.74) is 1.16. The van der Waals surface area contributed by atoms with Gasteiger partial charge in [-0.1, -0.05) is 0 Å². The number of hydrogen-bond acceptors (Lipinski definition) is 1. The number of rotatable bonds is 0. The van der Waals surface area contributed by atoms with Gasteiger partial charge in [-0.2, -0.15) is 4.57 Å². The first-order valence-corrected chi connectivity index (χ1v) is 2.62. The van der Waals surface area contributed by atoms with Crippen molar-refractivity contribution in [2.75, 3.05) is 0 Å². The van der Waals surface area contributed by atoms with E-state index in [4.69, 9.17) is 4.42 Å².